The molecule has 0 heterocycles. The first-order chi connectivity index (χ1) is 22.5. The Labute approximate surface area is 280 Å². The molecule has 0 aliphatic heterocycles. The monoisotopic (exact) mass is 618 g/mol. The standard InChI is InChI=1S/C44H58O2/c1-5-35(3)33-37-15-19-39(20-16-37)41-23-27-43(28-24-41)45-31-13-11-9-7-8-10-12-14-32-46-44-29-25-42(26-30-44)40-21-17-38(18-22-40)34-36(4)6-2/h15-30,35-36H,5-14,31-34H2,1-4H3/t35-,36+. The van der Waals surface area contributed by atoms with Crippen LogP contribution >= 0.6 is 0 Å². The highest BCUT2D eigenvalue weighted by Gasteiger charge is 2.05. The molecule has 2 nitrogen and oxygen atoms in total. The van der Waals surface area contributed by atoms with Gasteiger partial charge in [0.25, 0.3) is 0 Å². The predicted octanol–water partition coefficient (Wildman–Crippen LogP) is 12.8. The number of ether oxygens (including phenoxy) is 2. The summed E-state index contributed by atoms with van der Waals surface area (Å²) in [6.07, 6.45) is 14.7. The van der Waals surface area contributed by atoms with E-state index in [1.54, 1.807) is 0 Å². The zero-order valence-electron chi connectivity index (χ0n) is 29.1. The Hall–Kier alpha value is -3.52. The van der Waals surface area contributed by atoms with Crippen molar-refractivity contribution in [2.45, 2.75) is 105 Å². The summed E-state index contributed by atoms with van der Waals surface area (Å²) in [5.74, 6) is 3.42. The third-order valence-corrected chi connectivity index (χ3v) is 9.42. The zero-order valence-corrected chi connectivity index (χ0v) is 29.1. The molecule has 46 heavy (non-hydrogen) atoms. The Kier molecular flexibility index (Phi) is 15.3. The van der Waals surface area contributed by atoms with Crippen LogP contribution < -0.4 is 9.47 Å². The van der Waals surface area contributed by atoms with Gasteiger partial charge in [-0.2, -0.15) is 0 Å². The average molecular weight is 619 g/mol. The molecule has 4 rings (SSSR count). The second-order valence-corrected chi connectivity index (χ2v) is 13.4. The van der Waals surface area contributed by atoms with Crippen LogP contribution in [0.3, 0.4) is 0 Å². The molecular formula is C44H58O2. The van der Waals surface area contributed by atoms with Crippen LogP contribution in [0.25, 0.3) is 22.3 Å². The van der Waals surface area contributed by atoms with E-state index in [4.69, 9.17) is 9.47 Å². The first kappa shape index (κ1) is 35.3. The minimum Gasteiger partial charge on any atom is -0.494 e. The normalized spacial score (nSPS) is 12.5. The van der Waals surface area contributed by atoms with Crippen molar-refractivity contribution in [3.05, 3.63) is 108 Å². The highest BCUT2D eigenvalue weighted by molar-refractivity contribution is 5.65. The number of hydrogen-bond acceptors (Lipinski definition) is 2. The van der Waals surface area contributed by atoms with E-state index in [0.717, 1.165) is 62.2 Å². The fourth-order valence-electron chi connectivity index (χ4n) is 5.89. The first-order valence-electron chi connectivity index (χ1n) is 18.2. The summed E-state index contributed by atoms with van der Waals surface area (Å²) in [6.45, 7) is 10.8. The second-order valence-electron chi connectivity index (χ2n) is 13.4. The van der Waals surface area contributed by atoms with Gasteiger partial charge in [0, 0.05) is 0 Å². The summed E-state index contributed by atoms with van der Waals surface area (Å²) in [4.78, 5) is 0. The number of unbranched alkanes of at least 4 members (excludes halogenated alkanes) is 7. The maximum Gasteiger partial charge on any atom is 0.119 e. The van der Waals surface area contributed by atoms with Crippen LogP contribution in [-0.2, 0) is 12.8 Å². The smallest absolute Gasteiger partial charge is 0.119 e. The van der Waals surface area contributed by atoms with Gasteiger partial charge in [0.05, 0.1) is 13.2 Å². The van der Waals surface area contributed by atoms with Crippen molar-refractivity contribution in [3.8, 4) is 33.8 Å². The molecule has 0 aliphatic carbocycles. The molecule has 0 N–H and O–H groups in total. The van der Waals surface area contributed by atoms with E-state index in [1.165, 1.54) is 84.7 Å². The molecule has 0 bridgehead atoms. The second kappa shape index (κ2) is 19.9. The molecule has 0 radical (unpaired) electrons. The molecule has 0 saturated carbocycles. The van der Waals surface area contributed by atoms with Gasteiger partial charge in [0.15, 0.2) is 0 Å². The summed E-state index contributed by atoms with van der Waals surface area (Å²) < 4.78 is 12.0. The molecule has 0 spiro atoms. The Morgan fingerprint density at radius 3 is 0.978 bits per heavy atom. The molecule has 2 atom stereocenters. The van der Waals surface area contributed by atoms with Crippen LogP contribution in [0.2, 0.25) is 0 Å². The van der Waals surface area contributed by atoms with E-state index in [2.05, 4.69) is 125 Å². The molecule has 0 saturated heterocycles. The van der Waals surface area contributed by atoms with Gasteiger partial charge in [0.2, 0.25) is 0 Å². The van der Waals surface area contributed by atoms with Gasteiger partial charge in [-0.25, -0.2) is 0 Å². The Bertz CT molecular complexity index is 1240. The van der Waals surface area contributed by atoms with Gasteiger partial charge in [0.1, 0.15) is 11.5 Å². The zero-order chi connectivity index (χ0) is 32.4. The highest BCUT2D eigenvalue weighted by Crippen LogP contribution is 2.26. The van der Waals surface area contributed by atoms with Crippen molar-refractivity contribution in [2.75, 3.05) is 13.2 Å². The number of hydrogen-bond donors (Lipinski definition) is 0. The molecule has 2 heteroatoms. The van der Waals surface area contributed by atoms with Crippen LogP contribution in [0.5, 0.6) is 11.5 Å². The van der Waals surface area contributed by atoms with E-state index < -0.39 is 0 Å². The van der Waals surface area contributed by atoms with E-state index in [-0.39, 0.29) is 0 Å². The van der Waals surface area contributed by atoms with Crippen molar-refractivity contribution >= 4 is 0 Å². The van der Waals surface area contributed by atoms with Gasteiger partial charge >= 0.3 is 0 Å². The number of benzene rings is 4. The van der Waals surface area contributed by atoms with Crippen LogP contribution in [0, 0.1) is 11.8 Å². The quantitative estimate of drug-likeness (QED) is 0.0865. The summed E-state index contributed by atoms with van der Waals surface area (Å²) in [5, 5.41) is 0. The topological polar surface area (TPSA) is 18.5 Å². The lowest BCUT2D eigenvalue weighted by Crippen LogP contribution is -1.98. The van der Waals surface area contributed by atoms with Crippen LogP contribution in [0.15, 0.2) is 97.1 Å². The van der Waals surface area contributed by atoms with Crippen LogP contribution in [-0.4, -0.2) is 13.2 Å². The lowest BCUT2D eigenvalue weighted by atomic mass is 9.97. The van der Waals surface area contributed by atoms with Crippen molar-refractivity contribution in [2.24, 2.45) is 11.8 Å². The molecule has 0 unspecified atom stereocenters. The van der Waals surface area contributed by atoms with Crippen molar-refractivity contribution < 1.29 is 9.47 Å². The van der Waals surface area contributed by atoms with E-state index in [9.17, 15) is 0 Å². The third kappa shape index (κ3) is 12.3. The fraction of sp³-hybridized carbons (Fsp3) is 0.455. The molecule has 4 aromatic carbocycles. The van der Waals surface area contributed by atoms with E-state index >= 15 is 0 Å². The molecule has 0 amide bonds. The van der Waals surface area contributed by atoms with Crippen LogP contribution in [0.4, 0.5) is 0 Å². The maximum atomic E-state index is 6.01. The first-order valence-corrected chi connectivity index (χ1v) is 18.2. The summed E-state index contributed by atoms with van der Waals surface area (Å²) in [6, 6.07) is 35.2. The lowest BCUT2D eigenvalue weighted by molar-refractivity contribution is 0.301. The van der Waals surface area contributed by atoms with Gasteiger partial charge in [-0.3, -0.25) is 0 Å². The van der Waals surface area contributed by atoms with Crippen molar-refractivity contribution in [3.63, 3.8) is 0 Å². The molecular weight excluding hydrogens is 560 g/mol. The number of rotatable bonds is 21. The summed E-state index contributed by atoms with van der Waals surface area (Å²) in [7, 11) is 0. The van der Waals surface area contributed by atoms with Crippen LogP contribution in [0.1, 0.15) is 103 Å². The SMILES string of the molecule is CC[C@@H](C)Cc1ccc(-c2ccc(OCCCCCCCCCCOc3ccc(-c4ccc(C[C@@H](C)CC)cc4)cc3)cc2)cc1. The molecule has 0 fully saturated rings. The minimum absolute atomic E-state index is 0.739. The predicted molar refractivity (Wildman–Crippen MR) is 198 cm³/mol. The average Bonchev–Trinajstić information content (AvgIpc) is 3.10. The minimum atomic E-state index is 0.739. The summed E-state index contributed by atoms with van der Waals surface area (Å²) in [5.41, 5.74) is 7.89. The van der Waals surface area contributed by atoms with Crippen molar-refractivity contribution in [1.82, 2.24) is 0 Å². The van der Waals surface area contributed by atoms with E-state index in [0.29, 0.717) is 0 Å². The van der Waals surface area contributed by atoms with Crippen molar-refractivity contribution in [1.29, 1.82) is 0 Å². The van der Waals surface area contributed by atoms with Gasteiger partial charge in [-0.05, 0) is 95.2 Å². The Morgan fingerprint density at radius 2 is 0.674 bits per heavy atom. The molecule has 4 aromatic rings. The Balaban J connectivity index is 0.993. The molecule has 0 aliphatic rings. The fourth-order valence-corrected chi connectivity index (χ4v) is 5.89. The summed E-state index contributed by atoms with van der Waals surface area (Å²) >= 11 is 0. The lowest BCUT2D eigenvalue weighted by Gasteiger charge is -2.10. The van der Waals surface area contributed by atoms with Gasteiger partial charge in [-0.1, -0.05) is 152 Å². The van der Waals surface area contributed by atoms with E-state index in [1.807, 2.05) is 0 Å². The Morgan fingerprint density at radius 1 is 0.391 bits per heavy atom. The van der Waals surface area contributed by atoms with Gasteiger partial charge in [-0.15, -0.1) is 0 Å². The maximum absolute atomic E-state index is 6.01. The third-order valence-electron chi connectivity index (χ3n) is 9.42. The largest absolute Gasteiger partial charge is 0.494 e. The molecule has 0 aromatic heterocycles. The molecule has 246 valence electrons. The van der Waals surface area contributed by atoms with Gasteiger partial charge < -0.3 is 9.47 Å². The highest BCUT2D eigenvalue weighted by atomic mass is 16.5.